The summed E-state index contributed by atoms with van der Waals surface area (Å²) in [6, 6.07) is 7.63. The molecule has 0 radical (unpaired) electrons. The van der Waals surface area contributed by atoms with Crippen LogP contribution >= 0.6 is 0 Å². The Labute approximate surface area is 118 Å². The Balaban J connectivity index is 1.88. The summed E-state index contributed by atoms with van der Waals surface area (Å²) in [7, 11) is 0. The van der Waals surface area contributed by atoms with Gasteiger partial charge in [-0.05, 0) is 13.0 Å². The Bertz CT molecular complexity index is 487. The molecule has 1 N–H and O–H groups in total. The molecule has 0 spiro atoms. The molecule has 1 unspecified atom stereocenters. The third-order valence-corrected chi connectivity index (χ3v) is 3.16. The normalized spacial score (nSPS) is 16.8. The number of hydrogen-bond acceptors (Lipinski definition) is 4. The molecule has 0 bridgehead atoms. The maximum atomic E-state index is 11.9. The van der Waals surface area contributed by atoms with E-state index in [4.69, 9.17) is 9.47 Å². The van der Waals surface area contributed by atoms with Crippen molar-refractivity contribution >= 4 is 11.9 Å². The van der Waals surface area contributed by atoms with Gasteiger partial charge in [-0.2, -0.15) is 0 Å². The van der Waals surface area contributed by atoms with Crippen molar-refractivity contribution in [2.75, 3.05) is 13.2 Å². The molecular weight excluding hydrogens is 258 g/mol. The number of hydrogen-bond donors (Lipinski definition) is 1. The lowest BCUT2D eigenvalue weighted by Crippen LogP contribution is -2.32. The molecule has 5 nitrogen and oxygen atoms in total. The van der Waals surface area contributed by atoms with Crippen LogP contribution in [0.5, 0.6) is 5.75 Å². The first-order valence-corrected chi connectivity index (χ1v) is 6.87. The van der Waals surface area contributed by atoms with Gasteiger partial charge in [0.2, 0.25) is 5.91 Å². The van der Waals surface area contributed by atoms with E-state index in [0.29, 0.717) is 13.2 Å². The summed E-state index contributed by atoms with van der Waals surface area (Å²) in [4.78, 5) is 23.1. The minimum atomic E-state index is -0.338. The fraction of sp³-hybridized carbons (Fsp3) is 0.467. The number of carbonyl (C=O) groups excluding carboxylic acids is 2. The molecule has 1 aliphatic rings. The quantitative estimate of drug-likeness (QED) is 0.836. The van der Waals surface area contributed by atoms with E-state index in [0.717, 1.165) is 17.7 Å². The van der Waals surface area contributed by atoms with Crippen LogP contribution in [0.25, 0.3) is 0 Å². The second-order valence-corrected chi connectivity index (χ2v) is 4.60. The zero-order chi connectivity index (χ0) is 14.4. The first-order chi connectivity index (χ1) is 9.70. The Hall–Kier alpha value is -2.04. The van der Waals surface area contributed by atoms with Crippen LogP contribution in [-0.4, -0.2) is 25.1 Å². The van der Waals surface area contributed by atoms with E-state index in [-0.39, 0.29) is 30.8 Å². The van der Waals surface area contributed by atoms with Gasteiger partial charge < -0.3 is 14.8 Å². The number of fused-ring (bicyclic) bond motifs is 1. The molecule has 0 saturated heterocycles. The molecule has 0 aromatic heterocycles. The van der Waals surface area contributed by atoms with E-state index in [1.165, 1.54) is 0 Å². The van der Waals surface area contributed by atoms with E-state index >= 15 is 0 Å². The number of benzene rings is 1. The predicted molar refractivity (Wildman–Crippen MR) is 73.3 cm³/mol. The highest BCUT2D eigenvalue weighted by molar-refractivity contribution is 5.81. The molecule has 0 aliphatic carbocycles. The predicted octanol–water partition coefficient (Wildman–Crippen LogP) is 1.97. The zero-order valence-electron chi connectivity index (χ0n) is 11.6. The Morgan fingerprint density at radius 3 is 2.95 bits per heavy atom. The van der Waals surface area contributed by atoms with Crippen LogP contribution in [0, 0.1) is 0 Å². The number of carbonyl (C=O) groups is 2. The van der Waals surface area contributed by atoms with E-state index in [2.05, 4.69) is 5.32 Å². The summed E-state index contributed by atoms with van der Waals surface area (Å²) < 4.78 is 10.3. The van der Waals surface area contributed by atoms with Crippen molar-refractivity contribution in [3.63, 3.8) is 0 Å². The van der Waals surface area contributed by atoms with Crippen molar-refractivity contribution in [1.82, 2.24) is 5.32 Å². The van der Waals surface area contributed by atoms with Crippen molar-refractivity contribution in [1.29, 1.82) is 0 Å². The number of nitrogens with one attached hydrogen (secondary N) is 1. The van der Waals surface area contributed by atoms with Gasteiger partial charge in [-0.1, -0.05) is 18.2 Å². The van der Waals surface area contributed by atoms with Crippen molar-refractivity contribution < 1.29 is 19.1 Å². The summed E-state index contributed by atoms with van der Waals surface area (Å²) in [6.07, 6.45) is 1.01. The van der Waals surface area contributed by atoms with Crippen LogP contribution in [0.4, 0.5) is 0 Å². The third kappa shape index (κ3) is 3.73. The minimum absolute atomic E-state index is 0.0466. The van der Waals surface area contributed by atoms with Gasteiger partial charge in [0.1, 0.15) is 5.75 Å². The first-order valence-electron chi connectivity index (χ1n) is 6.87. The van der Waals surface area contributed by atoms with Gasteiger partial charge in [0.25, 0.3) is 0 Å². The standard InChI is InChI=1S/C15H19NO4/c1-2-19-15(18)8-7-14(17)16-12-9-10-20-13-6-4-3-5-11(12)13/h3-6,12H,2,7-10H2,1H3,(H,16,17). The molecule has 108 valence electrons. The van der Waals surface area contributed by atoms with Gasteiger partial charge >= 0.3 is 5.97 Å². The fourth-order valence-electron chi connectivity index (χ4n) is 2.21. The monoisotopic (exact) mass is 277 g/mol. The van der Waals surface area contributed by atoms with Crippen LogP contribution in [0.15, 0.2) is 24.3 Å². The molecule has 1 heterocycles. The van der Waals surface area contributed by atoms with Gasteiger partial charge in [0, 0.05) is 18.4 Å². The second kappa shape index (κ2) is 6.93. The minimum Gasteiger partial charge on any atom is -0.493 e. The molecule has 1 aliphatic heterocycles. The average Bonchev–Trinajstić information content (AvgIpc) is 2.46. The second-order valence-electron chi connectivity index (χ2n) is 4.60. The molecule has 0 fully saturated rings. The van der Waals surface area contributed by atoms with Crippen molar-refractivity contribution in [3.8, 4) is 5.75 Å². The molecule has 20 heavy (non-hydrogen) atoms. The summed E-state index contributed by atoms with van der Waals surface area (Å²) in [5.74, 6) is 0.337. The number of ether oxygens (including phenoxy) is 2. The topological polar surface area (TPSA) is 64.6 Å². The van der Waals surface area contributed by atoms with E-state index in [1.807, 2.05) is 24.3 Å². The lowest BCUT2D eigenvalue weighted by Gasteiger charge is -2.26. The molecule has 2 rings (SSSR count). The SMILES string of the molecule is CCOC(=O)CCC(=O)NC1CCOc2ccccc21. The van der Waals surface area contributed by atoms with Gasteiger partial charge in [-0.25, -0.2) is 0 Å². The van der Waals surface area contributed by atoms with E-state index in [9.17, 15) is 9.59 Å². The third-order valence-electron chi connectivity index (χ3n) is 3.16. The van der Waals surface area contributed by atoms with Crippen molar-refractivity contribution in [2.45, 2.75) is 32.2 Å². The van der Waals surface area contributed by atoms with E-state index in [1.54, 1.807) is 6.92 Å². The smallest absolute Gasteiger partial charge is 0.306 e. The zero-order valence-corrected chi connectivity index (χ0v) is 11.6. The molecular formula is C15H19NO4. The van der Waals surface area contributed by atoms with Gasteiger partial charge in [-0.3, -0.25) is 9.59 Å². The number of amides is 1. The highest BCUT2D eigenvalue weighted by Gasteiger charge is 2.22. The maximum Gasteiger partial charge on any atom is 0.306 e. The molecule has 1 atom stereocenters. The molecule has 1 amide bonds. The Kier molecular flexibility index (Phi) is 4.98. The molecule has 5 heteroatoms. The van der Waals surface area contributed by atoms with Crippen LogP contribution in [0.1, 0.15) is 37.8 Å². The summed E-state index contributed by atoms with van der Waals surface area (Å²) in [5.41, 5.74) is 0.989. The lowest BCUT2D eigenvalue weighted by atomic mass is 10.0. The first kappa shape index (κ1) is 14.4. The Morgan fingerprint density at radius 1 is 1.35 bits per heavy atom. The van der Waals surface area contributed by atoms with Crippen molar-refractivity contribution in [3.05, 3.63) is 29.8 Å². The summed E-state index contributed by atoms with van der Waals surface area (Å²) in [5, 5.41) is 2.95. The molecule has 1 aromatic rings. The average molecular weight is 277 g/mol. The number of esters is 1. The van der Waals surface area contributed by atoms with Crippen LogP contribution in [0.3, 0.4) is 0 Å². The van der Waals surface area contributed by atoms with Gasteiger partial charge in [-0.15, -0.1) is 0 Å². The van der Waals surface area contributed by atoms with E-state index < -0.39 is 0 Å². The Morgan fingerprint density at radius 2 is 2.15 bits per heavy atom. The maximum absolute atomic E-state index is 11.9. The van der Waals surface area contributed by atoms with Crippen molar-refractivity contribution in [2.24, 2.45) is 0 Å². The van der Waals surface area contributed by atoms with Crippen LogP contribution in [-0.2, 0) is 14.3 Å². The number of para-hydroxylation sites is 1. The highest BCUT2D eigenvalue weighted by Crippen LogP contribution is 2.31. The van der Waals surface area contributed by atoms with Gasteiger partial charge in [0.15, 0.2) is 0 Å². The van der Waals surface area contributed by atoms with Crippen LogP contribution < -0.4 is 10.1 Å². The fourth-order valence-corrected chi connectivity index (χ4v) is 2.21. The molecule has 1 aromatic carbocycles. The number of rotatable bonds is 5. The van der Waals surface area contributed by atoms with Crippen LogP contribution in [0.2, 0.25) is 0 Å². The molecule has 0 saturated carbocycles. The van der Waals surface area contributed by atoms with Gasteiger partial charge in [0.05, 0.1) is 25.7 Å². The summed E-state index contributed by atoms with van der Waals surface area (Å²) in [6.45, 7) is 2.67. The summed E-state index contributed by atoms with van der Waals surface area (Å²) >= 11 is 0. The largest absolute Gasteiger partial charge is 0.493 e. The highest BCUT2D eigenvalue weighted by atomic mass is 16.5. The lowest BCUT2D eigenvalue weighted by molar-refractivity contribution is -0.144.